The first kappa shape index (κ1) is 26.8. The molecule has 5 aliphatic carbocycles. The van der Waals surface area contributed by atoms with Gasteiger partial charge in [-0.2, -0.15) is 0 Å². The van der Waals surface area contributed by atoms with Crippen molar-refractivity contribution in [3.8, 4) is 45.1 Å². The number of aromatic nitrogens is 2. The van der Waals surface area contributed by atoms with Crippen LogP contribution in [0.3, 0.4) is 0 Å². The zero-order valence-corrected chi connectivity index (χ0v) is 27.1. The molecule has 4 unspecified atom stereocenters. The predicted octanol–water partition coefficient (Wildman–Crippen LogP) is 10.6. The summed E-state index contributed by atoms with van der Waals surface area (Å²) in [4.78, 5) is 9.83. The molecule has 2 heterocycles. The average molecular weight is 619 g/mol. The third-order valence-corrected chi connectivity index (χ3v) is 12.1. The van der Waals surface area contributed by atoms with Gasteiger partial charge in [0.15, 0.2) is 5.82 Å². The first-order valence-electron chi connectivity index (χ1n) is 17.6. The first-order valence-corrected chi connectivity index (χ1v) is 17.6. The van der Waals surface area contributed by atoms with Crippen LogP contribution in [-0.2, 0) is 17.3 Å². The lowest BCUT2D eigenvalue weighted by Crippen LogP contribution is -2.36. The van der Waals surface area contributed by atoms with E-state index in [1.54, 1.807) is 11.1 Å². The molecule has 230 valence electrons. The van der Waals surface area contributed by atoms with Gasteiger partial charge in [-0.25, -0.2) is 9.97 Å². The molecule has 2 spiro atoms. The van der Waals surface area contributed by atoms with E-state index < -0.39 is 0 Å². The van der Waals surface area contributed by atoms with Gasteiger partial charge in [-0.15, -0.1) is 0 Å². The highest BCUT2D eigenvalue weighted by Gasteiger charge is 2.71. The Balaban J connectivity index is 0.00000138. The van der Waals surface area contributed by atoms with Crippen LogP contribution in [0.5, 0.6) is 11.5 Å². The molecule has 1 saturated carbocycles. The predicted molar refractivity (Wildman–Crippen MR) is 191 cm³/mol. The molecule has 1 aliphatic heterocycles. The SMILES string of the molecule is CC.c1ccc(-c2cnc(-c3ccc4c(c3)C35C6=C(c7ccccc73)C3CC3CC63Cc6ccccc6Oc6ccc-4c5c63)nc2)cc1. The van der Waals surface area contributed by atoms with Crippen LogP contribution < -0.4 is 4.74 Å². The Morgan fingerprint density at radius 3 is 2.29 bits per heavy atom. The molecule has 0 saturated heterocycles. The molecule has 0 bridgehead atoms. The number of fused-ring (bicyclic) bond motifs is 7. The second-order valence-electron chi connectivity index (χ2n) is 14.1. The molecule has 48 heavy (non-hydrogen) atoms. The van der Waals surface area contributed by atoms with Crippen molar-refractivity contribution in [1.29, 1.82) is 0 Å². The number of benzene rings is 5. The van der Waals surface area contributed by atoms with E-state index in [4.69, 9.17) is 14.7 Å². The molecule has 0 N–H and O–H groups in total. The van der Waals surface area contributed by atoms with Crippen LogP contribution in [0.1, 0.15) is 60.1 Å². The lowest BCUT2D eigenvalue weighted by molar-refractivity contribution is 0.409. The van der Waals surface area contributed by atoms with E-state index in [-0.39, 0.29) is 10.8 Å². The van der Waals surface area contributed by atoms with Crippen molar-refractivity contribution in [2.24, 2.45) is 11.8 Å². The van der Waals surface area contributed by atoms with E-state index in [2.05, 4.69) is 103 Å². The molecule has 1 fully saturated rings. The van der Waals surface area contributed by atoms with Crippen molar-refractivity contribution < 1.29 is 4.74 Å². The smallest absolute Gasteiger partial charge is 0.159 e. The van der Waals surface area contributed by atoms with Crippen molar-refractivity contribution in [3.63, 3.8) is 0 Å². The summed E-state index contributed by atoms with van der Waals surface area (Å²) in [5.74, 6) is 4.22. The van der Waals surface area contributed by atoms with Gasteiger partial charge in [0.25, 0.3) is 0 Å². The normalized spacial score (nSPS) is 24.9. The van der Waals surface area contributed by atoms with Gasteiger partial charge in [0.2, 0.25) is 0 Å². The van der Waals surface area contributed by atoms with E-state index in [1.165, 1.54) is 57.3 Å². The van der Waals surface area contributed by atoms with Gasteiger partial charge < -0.3 is 4.74 Å². The fraction of sp³-hybridized carbons (Fsp3) is 0.200. The van der Waals surface area contributed by atoms with Gasteiger partial charge >= 0.3 is 0 Å². The van der Waals surface area contributed by atoms with Crippen molar-refractivity contribution in [2.45, 2.75) is 43.9 Å². The van der Waals surface area contributed by atoms with Gasteiger partial charge in [0.05, 0.1) is 5.41 Å². The van der Waals surface area contributed by atoms with Crippen molar-refractivity contribution in [2.75, 3.05) is 0 Å². The van der Waals surface area contributed by atoms with Crippen LogP contribution in [0, 0.1) is 11.8 Å². The molecule has 12 rings (SSSR count). The highest BCUT2D eigenvalue weighted by molar-refractivity contribution is 6.02. The van der Waals surface area contributed by atoms with Crippen LogP contribution in [0.15, 0.2) is 127 Å². The second kappa shape index (κ2) is 9.20. The number of allylic oxidation sites excluding steroid dienone is 2. The van der Waals surface area contributed by atoms with Crippen LogP contribution >= 0.6 is 0 Å². The second-order valence-corrected chi connectivity index (χ2v) is 14.1. The monoisotopic (exact) mass is 618 g/mol. The number of rotatable bonds is 2. The molecule has 4 atom stereocenters. The summed E-state index contributed by atoms with van der Waals surface area (Å²) < 4.78 is 6.91. The number of hydrogen-bond acceptors (Lipinski definition) is 3. The molecule has 5 aromatic carbocycles. The Hall–Kier alpha value is -5.28. The van der Waals surface area contributed by atoms with E-state index in [9.17, 15) is 0 Å². The number of para-hydroxylation sites is 1. The summed E-state index contributed by atoms with van der Waals surface area (Å²) in [6.45, 7) is 4.00. The van der Waals surface area contributed by atoms with Crippen LogP contribution in [0.2, 0.25) is 0 Å². The van der Waals surface area contributed by atoms with E-state index in [0.717, 1.165) is 46.4 Å². The average Bonchev–Trinajstić information content (AvgIpc) is 3.72. The summed E-state index contributed by atoms with van der Waals surface area (Å²) in [6, 6.07) is 40.1. The topological polar surface area (TPSA) is 35.0 Å². The Kier molecular flexibility index (Phi) is 5.13. The molecule has 1 aromatic heterocycles. The maximum atomic E-state index is 6.91. The van der Waals surface area contributed by atoms with Gasteiger partial charge in [0, 0.05) is 34.5 Å². The standard InChI is InChI=1S/C43H28N2O.C2H6/c1-2-8-24(9-3-1)28-22-44-41(45-23-28)25-14-15-29-30-16-17-36-39-38(30)43(34(29)19-25)33-12-6-5-11-31(33)37-32-18-27(32)21-42(39,40(37)43)20-26-10-4-7-13-35(26)46-36;1-2/h1-17,19,22-23,27,32H,18,20-21H2;1-2H3. The molecule has 3 nitrogen and oxygen atoms in total. The van der Waals surface area contributed by atoms with Crippen molar-refractivity contribution in [3.05, 3.63) is 161 Å². The number of nitrogens with zero attached hydrogens (tertiary/aromatic N) is 2. The molecule has 6 aliphatic rings. The maximum absolute atomic E-state index is 6.91. The number of hydrogen-bond donors (Lipinski definition) is 0. The summed E-state index contributed by atoms with van der Waals surface area (Å²) >= 11 is 0. The van der Waals surface area contributed by atoms with E-state index in [0.29, 0.717) is 5.92 Å². The maximum Gasteiger partial charge on any atom is 0.159 e. The molecular weight excluding hydrogens is 585 g/mol. The fourth-order valence-electron chi connectivity index (χ4n) is 10.5. The molecule has 3 heteroatoms. The highest BCUT2D eigenvalue weighted by atomic mass is 16.5. The largest absolute Gasteiger partial charge is 0.457 e. The van der Waals surface area contributed by atoms with E-state index >= 15 is 0 Å². The molecular formula is C45H34N2O. The summed E-state index contributed by atoms with van der Waals surface area (Å²) in [5.41, 5.74) is 17.4. The number of ether oxygens (including phenoxy) is 1. The summed E-state index contributed by atoms with van der Waals surface area (Å²) in [5, 5.41) is 0. The molecule has 6 aromatic rings. The molecule has 0 amide bonds. The van der Waals surface area contributed by atoms with Gasteiger partial charge in [0.1, 0.15) is 11.5 Å². The van der Waals surface area contributed by atoms with Gasteiger partial charge in [-0.3, -0.25) is 0 Å². The Morgan fingerprint density at radius 2 is 1.42 bits per heavy atom. The third kappa shape index (κ3) is 3.07. The third-order valence-electron chi connectivity index (χ3n) is 12.1. The summed E-state index contributed by atoms with van der Waals surface area (Å²) in [6.07, 6.45) is 7.41. The Bertz CT molecular complexity index is 2390. The van der Waals surface area contributed by atoms with Crippen molar-refractivity contribution in [1.82, 2.24) is 9.97 Å². The van der Waals surface area contributed by atoms with E-state index in [1.807, 2.05) is 32.3 Å². The van der Waals surface area contributed by atoms with Gasteiger partial charge in [-0.05, 0) is 105 Å². The van der Waals surface area contributed by atoms with Crippen LogP contribution in [0.25, 0.3) is 39.2 Å². The molecule has 0 radical (unpaired) electrons. The van der Waals surface area contributed by atoms with Crippen LogP contribution in [0.4, 0.5) is 0 Å². The zero-order valence-electron chi connectivity index (χ0n) is 27.1. The Labute approximate surface area is 281 Å². The lowest BCUT2D eigenvalue weighted by Gasteiger charge is -2.39. The minimum Gasteiger partial charge on any atom is -0.457 e. The Morgan fingerprint density at radius 1 is 0.646 bits per heavy atom. The lowest BCUT2D eigenvalue weighted by atomic mass is 9.62. The highest BCUT2D eigenvalue weighted by Crippen LogP contribution is 2.80. The summed E-state index contributed by atoms with van der Waals surface area (Å²) in [7, 11) is 0. The van der Waals surface area contributed by atoms with Gasteiger partial charge in [-0.1, -0.05) is 105 Å². The minimum absolute atomic E-state index is 0.0825. The quantitative estimate of drug-likeness (QED) is 0.194. The fourth-order valence-corrected chi connectivity index (χ4v) is 10.5. The van der Waals surface area contributed by atoms with Crippen LogP contribution in [-0.4, -0.2) is 9.97 Å². The van der Waals surface area contributed by atoms with Crippen molar-refractivity contribution >= 4 is 5.57 Å². The first-order chi connectivity index (χ1) is 23.8. The minimum atomic E-state index is -0.314. The zero-order chi connectivity index (χ0) is 31.8.